The number of nitrogens with two attached hydrogens (primary N) is 1. The second-order valence-electron chi connectivity index (χ2n) is 5.49. The Morgan fingerprint density at radius 1 is 1.39 bits per heavy atom. The maximum absolute atomic E-state index is 12.1. The Bertz CT molecular complexity index is 259. The van der Waals surface area contributed by atoms with Crippen LogP contribution >= 0.6 is 12.4 Å². The number of nitrogens with zero attached hydrogens (tertiary/aromatic N) is 2. The summed E-state index contributed by atoms with van der Waals surface area (Å²) in [4.78, 5) is 16.1. The van der Waals surface area contributed by atoms with Crippen molar-refractivity contribution in [1.82, 2.24) is 9.80 Å². The van der Waals surface area contributed by atoms with Gasteiger partial charge in [-0.15, -0.1) is 12.4 Å². The predicted molar refractivity (Wildman–Crippen MR) is 78.0 cm³/mol. The Balaban J connectivity index is 0.00000289. The topological polar surface area (TPSA) is 49.6 Å². The molecule has 1 heterocycles. The Morgan fingerprint density at radius 3 is 2.50 bits per heavy atom. The van der Waals surface area contributed by atoms with Crippen LogP contribution in [0.2, 0.25) is 0 Å². The van der Waals surface area contributed by atoms with Crippen LogP contribution in [0, 0.1) is 0 Å². The molecule has 5 heteroatoms. The summed E-state index contributed by atoms with van der Waals surface area (Å²) in [5.74, 6) is 0.201. The molecular formula is C13H28ClN3O. The van der Waals surface area contributed by atoms with Crippen LogP contribution < -0.4 is 5.73 Å². The lowest BCUT2D eigenvalue weighted by atomic mass is 9.97. The first-order valence-electron chi connectivity index (χ1n) is 6.68. The van der Waals surface area contributed by atoms with Gasteiger partial charge in [-0.25, -0.2) is 0 Å². The molecule has 0 radical (unpaired) electrons. The van der Waals surface area contributed by atoms with E-state index in [4.69, 9.17) is 5.73 Å². The zero-order chi connectivity index (χ0) is 13.0. The van der Waals surface area contributed by atoms with Gasteiger partial charge in [0.1, 0.15) is 0 Å². The van der Waals surface area contributed by atoms with Crippen molar-refractivity contribution < 1.29 is 4.79 Å². The van der Waals surface area contributed by atoms with Gasteiger partial charge >= 0.3 is 0 Å². The highest BCUT2D eigenvalue weighted by Gasteiger charge is 2.27. The smallest absolute Gasteiger partial charge is 0.236 e. The Hall–Kier alpha value is -0.320. The van der Waals surface area contributed by atoms with Crippen molar-refractivity contribution in [1.29, 1.82) is 0 Å². The number of hydrogen-bond donors (Lipinski definition) is 1. The van der Waals surface area contributed by atoms with E-state index in [1.54, 1.807) is 0 Å². The van der Waals surface area contributed by atoms with Crippen molar-refractivity contribution in [3.05, 3.63) is 0 Å². The molecule has 1 amide bonds. The molecule has 0 aromatic rings. The molecule has 4 nitrogen and oxygen atoms in total. The molecule has 0 spiro atoms. The van der Waals surface area contributed by atoms with E-state index in [1.165, 1.54) is 12.8 Å². The van der Waals surface area contributed by atoms with Crippen LogP contribution in [-0.2, 0) is 4.79 Å². The first-order chi connectivity index (χ1) is 7.93. The minimum atomic E-state index is 0. The zero-order valence-electron chi connectivity index (χ0n) is 12.1. The van der Waals surface area contributed by atoms with Gasteiger partial charge in [0.15, 0.2) is 0 Å². The fourth-order valence-electron chi connectivity index (χ4n) is 2.38. The molecule has 0 aromatic carbocycles. The van der Waals surface area contributed by atoms with E-state index in [0.717, 1.165) is 13.0 Å². The first-order valence-corrected chi connectivity index (χ1v) is 6.68. The van der Waals surface area contributed by atoms with Gasteiger partial charge in [0.05, 0.1) is 6.54 Å². The summed E-state index contributed by atoms with van der Waals surface area (Å²) >= 11 is 0. The molecule has 108 valence electrons. The molecule has 0 aromatic heterocycles. The Labute approximate surface area is 117 Å². The maximum Gasteiger partial charge on any atom is 0.236 e. The first kappa shape index (κ1) is 17.7. The van der Waals surface area contributed by atoms with Crippen molar-refractivity contribution >= 4 is 18.3 Å². The molecule has 0 bridgehead atoms. The van der Waals surface area contributed by atoms with Crippen molar-refractivity contribution in [2.75, 3.05) is 20.1 Å². The summed E-state index contributed by atoms with van der Waals surface area (Å²) in [7, 11) is 1.87. The summed E-state index contributed by atoms with van der Waals surface area (Å²) < 4.78 is 0. The molecule has 2 N–H and O–H groups in total. The van der Waals surface area contributed by atoms with Gasteiger partial charge in [0.25, 0.3) is 0 Å². The monoisotopic (exact) mass is 277 g/mol. The average Bonchev–Trinajstić information content (AvgIpc) is 2.28. The van der Waals surface area contributed by atoms with Crippen LogP contribution in [-0.4, -0.2) is 54.0 Å². The second-order valence-corrected chi connectivity index (χ2v) is 5.49. The number of halogens is 1. The lowest BCUT2D eigenvalue weighted by molar-refractivity contribution is -0.133. The highest BCUT2D eigenvalue weighted by Crippen LogP contribution is 2.18. The lowest BCUT2D eigenvalue weighted by Gasteiger charge is -2.38. The SMILES string of the molecule is CC(N)C1CCCCN1CC(=O)N(C)C(C)C.Cl. The average molecular weight is 278 g/mol. The number of carbonyl (C=O) groups is 1. The highest BCUT2D eigenvalue weighted by atomic mass is 35.5. The molecule has 0 saturated carbocycles. The molecule has 0 aliphatic carbocycles. The van der Waals surface area contributed by atoms with Crippen LogP contribution in [0.3, 0.4) is 0 Å². The lowest BCUT2D eigenvalue weighted by Crippen LogP contribution is -2.52. The Morgan fingerprint density at radius 2 is 2.00 bits per heavy atom. The minimum absolute atomic E-state index is 0. The van der Waals surface area contributed by atoms with Gasteiger partial charge in [0, 0.05) is 25.2 Å². The van der Waals surface area contributed by atoms with E-state index < -0.39 is 0 Å². The third-order valence-electron chi connectivity index (χ3n) is 3.78. The van der Waals surface area contributed by atoms with E-state index in [-0.39, 0.29) is 30.4 Å². The predicted octanol–water partition coefficient (Wildman–Crippen LogP) is 1.48. The molecule has 2 unspecified atom stereocenters. The number of amides is 1. The zero-order valence-corrected chi connectivity index (χ0v) is 12.9. The van der Waals surface area contributed by atoms with Crippen LogP contribution in [0.4, 0.5) is 0 Å². The molecular weight excluding hydrogens is 250 g/mol. The summed E-state index contributed by atoms with van der Waals surface area (Å²) in [5.41, 5.74) is 6.00. The van der Waals surface area contributed by atoms with Crippen molar-refractivity contribution in [2.24, 2.45) is 5.73 Å². The number of likely N-dealkylation sites (N-methyl/N-ethyl adjacent to an activating group) is 1. The normalized spacial score (nSPS) is 22.4. The standard InChI is InChI=1S/C13H27N3O.ClH/c1-10(2)15(4)13(17)9-16-8-6-5-7-12(16)11(3)14;/h10-12H,5-9,14H2,1-4H3;1H. The van der Waals surface area contributed by atoms with Gasteiger partial charge in [-0.3, -0.25) is 9.69 Å². The molecule has 2 atom stereocenters. The second kappa shape index (κ2) is 7.97. The molecule has 1 aliphatic rings. The van der Waals surface area contributed by atoms with Gasteiger partial charge < -0.3 is 10.6 Å². The highest BCUT2D eigenvalue weighted by molar-refractivity contribution is 5.85. The summed E-state index contributed by atoms with van der Waals surface area (Å²) in [6, 6.07) is 0.779. The Kier molecular flexibility index (Phi) is 7.83. The van der Waals surface area contributed by atoms with E-state index in [9.17, 15) is 4.79 Å². The number of carbonyl (C=O) groups excluding carboxylic acids is 1. The van der Waals surface area contributed by atoms with Crippen molar-refractivity contribution in [3.8, 4) is 0 Å². The van der Waals surface area contributed by atoms with Crippen LogP contribution in [0.15, 0.2) is 0 Å². The van der Waals surface area contributed by atoms with Crippen LogP contribution in [0.1, 0.15) is 40.0 Å². The van der Waals surface area contributed by atoms with Gasteiger partial charge in [-0.1, -0.05) is 6.42 Å². The van der Waals surface area contributed by atoms with Gasteiger partial charge in [-0.05, 0) is 40.2 Å². The summed E-state index contributed by atoms with van der Waals surface area (Å²) in [6.45, 7) is 7.64. The van der Waals surface area contributed by atoms with Crippen LogP contribution in [0.5, 0.6) is 0 Å². The third-order valence-corrected chi connectivity index (χ3v) is 3.78. The van der Waals surface area contributed by atoms with E-state index in [1.807, 2.05) is 32.7 Å². The van der Waals surface area contributed by atoms with Gasteiger partial charge in [0.2, 0.25) is 5.91 Å². The summed E-state index contributed by atoms with van der Waals surface area (Å²) in [6.07, 6.45) is 3.54. The van der Waals surface area contributed by atoms with Crippen LogP contribution in [0.25, 0.3) is 0 Å². The van der Waals surface area contributed by atoms with Gasteiger partial charge in [-0.2, -0.15) is 0 Å². The minimum Gasteiger partial charge on any atom is -0.342 e. The fraction of sp³-hybridized carbons (Fsp3) is 0.923. The number of rotatable bonds is 4. The molecule has 1 saturated heterocycles. The fourth-order valence-corrected chi connectivity index (χ4v) is 2.38. The number of likely N-dealkylation sites (tertiary alicyclic amines) is 1. The molecule has 1 aliphatic heterocycles. The van der Waals surface area contributed by atoms with E-state index in [2.05, 4.69) is 4.90 Å². The number of hydrogen-bond acceptors (Lipinski definition) is 3. The summed E-state index contributed by atoms with van der Waals surface area (Å²) in [5, 5.41) is 0. The third kappa shape index (κ3) is 4.75. The molecule has 1 fully saturated rings. The quantitative estimate of drug-likeness (QED) is 0.847. The van der Waals surface area contributed by atoms with Crippen molar-refractivity contribution in [3.63, 3.8) is 0 Å². The van der Waals surface area contributed by atoms with E-state index in [0.29, 0.717) is 12.6 Å². The maximum atomic E-state index is 12.1. The number of piperidine rings is 1. The molecule has 1 rings (SSSR count). The van der Waals surface area contributed by atoms with Crippen molar-refractivity contribution in [2.45, 2.75) is 58.2 Å². The van der Waals surface area contributed by atoms with E-state index >= 15 is 0 Å². The largest absolute Gasteiger partial charge is 0.342 e. The molecule has 18 heavy (non-hydrogen) atoms.